The predicted molar refractivity (Wildman–Crippen MR) is 129 cm³/mol. The molecule has 0 spiro atoms. The highest BCUT2D eigenvalue weighted by molar-refractivity contribution is 7.92. The van der Waals surface area contributed by atoms with Gasteiger partial charge in [-0.3, -0.25) is 14.0 Å². The van der Waals surface area contributed by atoms with Crippen LogP contribution in [0.3, 0.4) is 0 Å². The summed E-state index contributed by atoms with van der Waals surface area (Å²) in [5.74, 6) is -0.472. The van der Waals surface area contributed by atoms with E-state index in [4.69, 9.17) is 11.6 Å². The molecule has 0 aliphatic carbocycles. The summed E-state index contributed by atoms with van der Waals surface area (Å²) in [4.78, 5) is 26.3. The van der Waals surface area contributed by atoms with Crippen LogP contribution in [0.2, 0.25) is 5.02 Å². The molecule has 0 unspecified atom stereocenters. The second kappa shape index (κ2) is 9.13. The molecule has 33 heavy (non-hydrogen) atoms. The number of benzene rings is 3. The van der Waals surface area contributed by atoms with E-state index in [1.807, 2.05) is 0 Å². The van der Waals surface area contributed by atoms with Crippen LogP contribution in [-0.4, -0.2) is 40.5 Å². The van der Waals surface area contributed by atoms with Crippen molar-refractivity contribution < 1.29 is 18.0 Å². The van der Waals surface area contributed by atoms with Crippen molar-refractivity contribution >= 4 is 50.6 Å². The average molecular weight is 485 g/mol. The minimum atomic E-state index is -3.92. The van der Waals surface area contributed by atoms with Gasteiger partial charge in [-0.2, -0.15) is 0 Å². The van der Waals surface area contributed by atoms with Gasteiger partial charge in [0.2, 0.25) is 0 Å². The molecule has 8 nitrogen and oxygen atoms in total. The van der Waals surface area contributed by atoms with Crippen LogP contribution in [0.25, 0.3) is 0 Å². The maximum atomic E-state index is 13.1. The van der Waals surface area contributed by atoms with E-state index < -0.39 is 15.9 Å². The summed E-state index contributed by atoms with van der Waals surface area (Å²) in [6, 6.07) is 19.0. The van der Waals surface area contributed by atoms with Crippen molar-refractivity contribution in [2.45, 2.75) is 4.90 Å². The first-order valence-electron chi connectivity index (χ1n) is 10.1. The second-order valence-electron chi connectivity index (χ2n) is 7.37. The molecule has 0 atom stereocenters. The molecule has 1 fully saturated rings. The van der Waals surface area contributed by atoms with Crippen LogP contribution in [0, 0.1) is 0 Å². The zero-order valence-corrected chi connectivity index (χ0v) is 19.2. The third-order valence-electron chi connectivity index (χ3n) is 5.20. The van der Waals surface area contributed by atoms with Crippen LogP contribution in [0.15, 0.2) is 77.7 Å². The van der Waals surface area contributed by atoms with Crippen molar-refractivity contribution in [1.82, 2.24) is 5.32 Å². The zero-order valence-electron chi connectivity index (χ0n) is 17.7. The number of amides is 3. The van der Waals surface area contributed by atoms with Gasteiger partial charge in [0.1, 0.15) is 0 Å². The number of hydrogen-bond donors (Lipinski definition) is 2. The summed E-state index contributed by atoms with van der Waals surface area (Å²) in [6.07, 6.45) is 0. The maximum Gasteiger partial charge on any atom is 0.321 e. The summed E-state index contributed by atoms with van der Waals surface area (Å²) in [6.45, 7) is 1.09. The van der Waals surface area contributed by atoms with Gasteiger partial charge in [0.25, 0.3) is 15.9 Å². The van der Waals surface area contributed by atoms with Crippen molar-refractivity contribution in [3.05, 3.63) is 83.4 Å². The number of carbonyl (C=O) groups is 2. The number of hydrogen-bond acceptors (Lipinski definition) is 4. The number of nitrogens with one attached hydrogen (secondary N) is 2. The van der Waals surface area contributed by atoms with Gasteiger partial charge in [0, 0.05) is 42.1 Å². The third kappa shape index (κ3) is 4.79. The zero-order chi connectivity index (χ0) is 23.6. The lowest BCUT2D eigenvalue weighted by Crippen LogP contribution is -2.27. The highest BCUT2D eigenvalue weighted by Gasteiger charge is 2.23. The normalized spacial score (nSPS) is 13.5. The molecule has 170 valence electrons. The largest absolute Gasteiger partial charge is 0.336 e. The SMILES string of the molecule is CN(c1cccc(Cl)c1)S(=O)(=O)c1cccc(C(=O)Nc2cccc(N3CCNC3=O)c2)c1. The average Bonchev–Trinajstić information content (AvgIpc) is 3.24. The van der Waals surface area contributed by atoms with Gasteiger partial charge in [0.05, 0.1) is 10.6 Å². The molecule has 1 saturated heterocycles. The van der Waals surface area contributed by atoms with E-state index >= 15 is 0 Å². The number of urea groups is 1. The van der Waals surface area contributed by atoms with Crippen LogP contribution in [-0.2, 0) is 10.0 Å². The molecule has 1 aliphatic rings. The Labute approximate surface area is 196 Å². The number of halogens is 1. The van der Waals surface area contributed by atoms with Gasteiger partial charge in [0.15, 0.2) is 0 Å². The van der Waals surface area contributed by atoms with Crippen LogP contribution >= 0.6 is 11.6 Å². The molecule has 0 aromatic heterocycles. The van der Waals surface area contributed by atoms with E-state index in [0.29, 0.717) is 35.2 Å². The first-order valence-corrected chi connectivity index (χ1v) is 11.9. The van der Waals surface area contributed by atoms with Crippen LogP contribution in [0.5, 0.6) is 0 Å². The van der Waals surface area contributed by atoms with E-state index in [0.717, 1.165) is 4.31 Å². The number of carbonyl (C=O) groups excluding carboxylic acids is 2. The third-order valence-corrected chi connectivity index (χ3v) is 7.22. The summed E-state index contributed by atoms with van der Waals surface area (Å²) in [7, 11) is -2.49. The quantitative estimate of drug-likeness (QED) is 0.553. The Hall–Kier alpha value is -3.56. The van der Waals surface area contributed by atoms with Gasteiger partial charge in [-0.05, 0) is 54.6 Å². The first kappa shape index (κ1) is 22.6. The lowest BCUT2D eigenvalue weighted by Gasteiger charge is -2.20. The van der Waals surface area contributed by atoms with Crippen molar-refractivity contribution in [1.29, 1.82) is 0 Å². The fraction of sp³-hybridized carbons (Fsp3) is 0.130. The summed E-state index contributed by atoms with van der Waals surface area (Å²) in [5.41, 5.74) is 1.73. The Bertz CT molecular complexity index is 1330. The van der Waals surface area contributed by atoms with E-state index in [1.165, 1.54) is 31.3 Å². The molecule has 0 radical (unpaired) electrons. The molecule has 0 bridgehead atoms. The molecule has 0 saturated carbocycles. The van der Waals surface area contributed by atoms with Crippen molar-refractivity contribution in [3.8, 4) is 0 Å². The van der Waals surface area contributed by atoms with Crippen LogP contribution in [0.1, 0.15) is 10.4 Å². The Kier molecular flexibility index (Phi) is 6.26. The van der Waals surface area contributed by atoms with Crippen molar-refractivity contribution in [2.24, 2.45) is 0 Å². The molecule has 3 aromatic carbocycles. The smallest absolute Gasteiger partial charge is 0.321 e. The molecule has 1 heterocycles. The Morgan fingerprint density at radius 2 is 1.82 bits per heavy atom. The van der Waals surface area contributed by atoms with Gasteiger partial charge in [-0.1, -0.05) is 29.8 Å². The Morgan fingerprint density at radius 3 is 2.55 bits per heavy atom. The minimum Gasteiger partial charge on any atom is -0.336 e. The van der Waals surface area contributed by atoms with Gasteiger partial charge >= 0.3 is 6.03 Å². The van der Waals surface area contributed by atoms with Gasteiger partial charge < -0.3 is 10.6 Å². The Morgan fingerprint density at radius 1 is 1.06 bits per heavy atom. The standard InChI is InChI=1S/C23H21ClN4O4S/c1-27(19-8-3-6-17(24)14-19)33(31,32)21-10-2-5-16(13-21)22(29)26-18-7-4-9-20(15-18)28-12-11-25-23(28)30/h2-10,13-15H,11-12H2,1H3,(H,25,30)(H,26,29). The maximum absolute atomic E-state index is 13.1. The lowest BCUT2D eigenvalue weighted by molar-refractivity contribution is 0.102. The van der Waals surface area contributed by atoms with Crippen molar-refractivity contribution in [3.63, 3.8) is 0 Å². The number of nitrogens with zero attached hydrogens (tertiary/aromatic N) is 2. The number of sulfonamides is 1. The molecular weight excluding hydrogens is 464 g/mol. The van der Waals surface area contributed by atoms with Crippen LogP contribution < -0.4 is 19.8 Å². The highest BCUT2D eigenvalue weighted by Crippen LogP contribution is 2.26. The van der Waals surface area contributed by atoms with E-state index in [2.05, 4.69) is 10.6 Å². The molecule has 10 heteroatoms. The lowest BCUT2D eigenvalue weighted by atomic mass is 10.2. The van der Waals surface area contributed by atoms with E-state index in [9.17, 15) is 18.0 Å². The predicted octanol–water partition coefficient (Wildman–Crippen LogP) is 3.95. The van der Waals surface area contributed by atoms with Gasteiger partial charge in [-0.25, -0.2) is 13.2 Å². The van der Waals surface area contributed by atoms with Crippen molar-refractivity contribution in [2.75, 3.05) is 34.7 Å². The summed E-state index contributed by atoms with van der Waals surface area (Å²) < 4.78 is 27.3. The fourth-order valence-corrected chi connectivity index (χ4v) is 4.86. The minimum absolute atomic E-state index is 0.0277. The Balaban J connectivity index is 1.55. The highest BCUT2D eigenvalue weighted by atomic mass is 35.5. The topological polar surface area (TPSA) is 98.8 Å². The molecule has 3 aromatic rings. The molecule has 2 N–H and O–H groups in total. The molecule has 3 amide bonds. The molecule has 4 rings (SSSR count). The number of rotatable bonds is 6. The number of anilines is 3. The molecular formula is C23H21ClN4O4S. The first-order chi connectivity index (χ1) is 15.8. The van der Waals surface area contributed by atoms with E-state index in [1.54, 1.807) is 53.4 Å². The van der Waals surface area contributed by atoms with Crippen LogP contribution in [0.4, 0.5) is 21.9 Å². The summed E-state index contributed by atoms with van der Waals surface area (Å²) in [5, 5.41) is 5.90. The van der Waals surface area contributed by atoms with Gasteiger partial charge in [-0.15, -0.1) is 0 Å². The molecule has 1 aliphatic heterocycles. The monoisotopic (exact) mass is 484 g/mol. The second-order valence-corrected chi connectivity index (χ2v) is 9.77. The fourth-order valence-electron chi connectivity index (χ4n) is 3.44. The van der Waals surface area contributed by atoms with E-state index in [-0.39, 0.29) is 16.5 Å². The summed E-state index contributed by atoms with van der Waals surface area (Å²) >= 11 is 5.99.